The number of aromatic amines is 2. The van der Waals surface area contributed by atoms with Gasteiger partial charge in [0.05, 0.1) is 18.3 Å². The predicted molar refractivity (Wildman–Crippen MR) is 116 cm³/mol. The van der Waals surface area contributed by atoms with E-state index in [1.54, 1.807) is 6.20 Å². The van der Waals surface area contributed by atoms with Crippen LogP contribution in [0.1, 0.15) is 17.4 Å². The molecule has 3 aromatic heterocycles. The normalized spacial score (nSPS) is 17.5. The highest BCUT2D eigenvalue weighted by Gasteiger charge is 2.32. The number of nitrogens with one attached hydrogen (secondary N) is 2. The number of carbonyl (C=O) groups is 1. The Bertz CT molecular complexity index is 1160. The van der Waals surface area contributed by atoms with Crippen LogP contribution >= 0.6 is 0 Å². The van der Waals surface area contributed by atoms with Crippen molar-refractivity contribution in [1.29, 1.82) is 0 Å². The van der Waals surface area contributed by atoms with E-state index in [4.69, 9.17) is 0 Å². The van der Waals surface area contributed by atoms with Crippen LogP contribution in [0, 0.1) is 0 Å². The molecule has 0 radical (unpaired) electrons. The molecule has 0 aliphatic carbocycles. The molecule has 2 N–H and O–H groups in total. The highest BCUT2D eigenvalue weighted by Crippen LogP contribution is 2.27. The number of pyridine rings is 1. The summed E-state index contributed by atoms with van der Waals surface area (Å²) in [5.41, 5.74) is 3.84. The van der Waals surface area contributed by atoms with Gasteiger partial charge in [-0.2, -0.15) is 0 Å². The zero-order chi connectivity index (χ0) is 20.5. The summed E-state index contributed by atoms with van der Waals surface area (Å²) in [6.07, 6.45) is 5.84. The lowest BCUT2D eigenvalue weighted by Crippen LogP contribution is -2.50. The van der Waals surface area contributed by atoms with Crippen LogP contribution in [0.15, 0.2) is 61.1 Å². The summed E-state index contributed by atoms with van der Waals surface area (Å²) in [4.78, 5) is 33.1. The molecular formula is C23H24N6O. The van der Waals surface area contributed by atoms with E-state index in [0.29, 0.717) is 13.0 Å². The number of carbonyl (C=O) groups excluding carboxylic acids is 1. The highest BCUT2D eigenvalue weighted by atomic mass is 16.2. The molecule has 1 atom stereocenters. The third-order valence-electron chi connectivity index (χ3n) is 5.78. The molecule has 152 valence electrons. The second kappa shape index (κ2) is 7.76. The van der Waals surface area contributed by atoms with E-state index in [-0.39, 0.29) is 11.9 Å². The molecule has 1 aliphatic heterocycles. The molecule has 4 aromatic rings. The van der Waals surface area contributed by atoms with Crippen LogP contribution in [0.4, 0.5) is 0 Å². The van der Waals surface area contributed by atoms with Gasteiger partial charge in [0.15, 0.2) is 0 Å². The highest BCUT2D eigenvalue weighted by molar-refractivity contribution is 5.87. The number of piperazine rings is 1. The number of fused-ring (bicyclic) bond motifs is 1. The standard InChI is InChI=1S/C23H24N6O/c1-28-10-11-29(21(30)12-17-13-25-22-18(17)8-5-9-24-22)20(15-28)23-26-14-19(27-23)16-6-3-2-4-7-16/h2-9,13-14,20H,10-12,15H2,1H3,(H,24,25)(H,26,27). The van der Waals surface area contributed by atoms with E-state index >= 15 is 0 Å². The molecule has 7 heteroatoms. The van der Waals surface area contributed by atoms with E-state index in [1.165, 1.54) is 0 Å². The molecule has 1 amide bonds. The third-order valence-corrected chi connectivity index (χ3v) is 5.78. The summed E-state index contributed by atoms with van der Waals surface area (Å²) in [5, 5.41) is 1.00. The molecule has 0 spiro atoms. The average Bonchev–Trinajstić information content (AvgIpc) is 3.42. The monoisotopic (exact) mass is 400 g/mol. The van der Waals surface area contributed by atoms with Gasteiger partial charge in [-0.05, 0) is 30.3 Å². The quantitative estimate of drug-likeness (QED) is 0.552. The zero-order valence-electron chi connectivity index (χ0n) is 16.9. The number of H-pyrrole nitrogens is 2. The van der Waals surface area contributed by atoms with Gasteiger partial charge in [-0.15, -0.1) is 0 Å². The minimum atomic E-state index is -0.1000. The Kier molecular flexibility index (Phi) is 4.80. The molecule has 1 fully saturated rings. The first-order valence-corrected chi connectivity index (χ1v) is 10.2. The van der Waals surface area contributed by atoms with Gasteiger partial charge >= 0.3 is 0 Å². The maximum Gasteiger partial charge on any atom is 0.227 e. The van der Waals surface area contributed by atoms with E-state index in [2.05, 4.69) is 44.0 Å². The molecule has 7 nitrogen and oxygen atoms in total. The number of hydrogen-bond donors (Lipinski definition) is 2. The number of imidazole rings is 1. The Morgan fingerprint density at radius 3 is 2.87 bits per heavy atom. The van der Waals surface area contributed by atoms with Crippen molar-refractivity contribution in [3.8, 4) is 11.3 Å². The number of rotatable bonds is 4. The van der Waals surface area contributed by atoms with Gasteiger partial charge in [-0.25, -0.2) is 9.97 Å². The van der Waals surface area contributed by atoms with Gasteiger partial charge in [0.1, 0.15) is 17.5 Å². The SMILES string of the molecule is CN1CCN(C(=O)Cc2c[nH]c3ncccc23)C(c2ncc(-c3ccccc3)[nH]2)C1. The maximum absolute atomic E-state index is 13.3. The van der Waals surface area contributed by atoms with Gasteiger partial charge in [0, 0.05) is 37.4 Å². The number of nitrogens with zero attached hydrogens (tertiary/aromatic N) is 4. The summed E-state index contributed by atoms with van der Waals surface area (Å²) < 4.78 is 0. The molecule has 30 heavy (non-hydrogen) atoms. The van der Waals surface area contributed by atoms with Gasteiger partial charge < -0.3 is 19.8 Å². The smallest absolute Gasteiger partial charge is 0.227 e. The fraction of sp³-hybridized carbons (Fsp3) is 0.261. The third kappa shape index (κ3) is 3.48. The van der Waals surface area contributed by atoms with E-state index in [0.717, 1.165) is 46.8 Å². The van der Waals surface area contributed by atoms with Gasteiger partial charge in [-0.1, -0.05) is 30.3 Å². The largest absolute Gasteiger partial charge is 0.346 e. The second-order valence-electron chi connectivity index (χ2n) is 7.80. The second-order valence-corrected chi connectivity index (χ2v) is 7.80. The zero-order valence-corrected chi connectivity index (χ0v) is 16.9. The Morgan fingerprint density at radius 1 is 1.13 bits per heavy atom. The van der Waals surface area contributed by atoms with Crippen LogP contribution < -0.4 is 0 Å². The maximum atomic E-state index is 13.3. The fourth-order valence-electron chi connectivity index (χ4n) is 4.15. The minimum absolute atomic E-state index is 0.1000. The van der Waals surface area contributed by atoms with Crippen molar-refractivity contribution in [2.24, 2.45) is 0 Å². The lowest BCUT2D eigenvalue weighted by atomic mass is 10.1. The topological polar surface area (TPSA) is 80.9 Å². The molecule has 1 aromatic carbocycles. The lowest BCUT2D eigenvalue weighted by Gasteiger charge is -2.39. The number of amides is 1. The Labute approximate surface area is 174 Å². The van der Waals surface area contributed by atoms with E-state index < -0.39 is 0 Å². The Morgan fingerprint density at radius 2 is 2.00 bits per heavy atom. The van der Waals surface area contributed by atoms with Gasteiger partial charge in [0.25, 0.3) is 0 Å². The summed E-state index contributed by atoms with van der Waals surface area (Å²) >= 11 is 0. The summed E-state index contributed by atoms with van der Waals surface area (Å²) in [7, 11) is 2.08. The molecular weight excluding hydrogens is 376 g/mol. The van der Waals surface area contributed by atoms with Gasteiger partial charge in [-0.3, -0.25) is 4.79 Å². The minimum Gasteiger partial charge on any atom is -0.346 e. The van der Waals surface area contributed by atoms with Crippen LogP contribution in [0.3, 0.4) is 0 Å². The molecule has 1 aliphatic rings. The average molecular weight is 400 g/mol. The first kappa shape index (κ1) is 18.6. The van der Waals surface area contributed by atoms with Crippen molar-refractivity contribution in [3.05, 3.63) is 72.4 Å². The number of benzene rings is 1. The fourth-order valence-corrected chi connectivity index (χ4v) is 4.15. The van der Waals surface area contributed by atoms with Crippen molar-refractivity contribution in [1.82, 2.24) is 29.7 Å². The first-order chi connectivity index (χ1) is 14.7. The number of aromatic nitrogens is 4. The van der Waals surface area contributed by atoms with Crippen molar-refractivity contribution in [3.63, 3.8) is 0 Å². The molecule has 4 heterocycles. The lowest BCUT2D eigenvalue weighted by molar-refractivity contribution is -0.135. The van der Waals surface area contributed by atoms with Crippen LogP contribution in [-0.2, 0) is 11.2 Å². The first-order valence-electron chi connectivity index (χ1n) is 10.2. The molecule has 5 rings (SSSR count). The van der Waals surface area contributed by atoms with Crippen molar-refractivity contribution < 1.29 is 4.79 Å². The van der Waals surface area contributed by atoms with Crippen molar-refractivity contribution >= 4 is 16.9 Å². The molecule has 1 saturated heterocycles. The van der Waals surface area contributed by atoms with E-state index in [1.807, 2.05) is 47.6 Å². The Hall–Kier alpha value is -3.45. The number of likely N-dealkylation sites (N-methyl/N-ethyl adjacent to an activating group) is 1. The number of hydrogen-bond acceptors (Lipinski definition) is 4. The van der Waals surface area contributed by atoms with Crippen molar-refractivity contribution in [2.75, 3.05) is 26.7 Å². The van der Waals surface area contributed by atoms with Crippen LogP contribution in [0.25, 0.3) is 22.3 Å². The van der Waals surface area contributed by atoms with Crippen LogP contribution in [-0.4, -0.2) is 62.3 Å². The molecule has 1 unspecified atom stereocenters. The summed E-state index contributed by atoms with van der Waals surface area (Å²) in [5.74, 6) is 0.935. The van der Waals surface area contributed by atoms with Gasteiger partial charge in [0.2, 0.25) is 5.91 Å². The summed E-state index contributed by atoms with van der Waals surface area (Å²) in [6.45, 7) is 2.29. The van der Waals surface area contributed by atoms with Crippen LogP contribution in [0.2, 0.25) is 0 Å². The van der Waals surface area contributed by atoms with Crippen LogP contribution in [0.5, 0.6) is 0 Å². The van der Waals surface area contributed by atoms with Crippen molar-refractivity contribution in [2.45, 2.75) is 12.5 Å². The molecule has 0 bridgehead atoms. The summed E-state index contributed by atoms with van der Waals surface area (Å²) in [6, 6.07) is 13.9. The Balaban J connectivity index is 1.40. The molecule has 0 saturated carbocycles. The predicted octanol–water partition coefficient (Wildman–Crippen LogP) is 3.01. The van der Waals surface area contributed by atoms with E-state index in [9.17, 15) is 4.79 Å².